The predicted octanol–water partition coefficient (Wildman–Crippen LogP) is 4.51. The Morgan fingerprint density at radius 1 is 0.724 bits per heavy atom. The molecule has 0 aliphatic carbocycles. The second-order valence-corrected chi connectivity index (χ2v) is 6.75. The highest BCUT2D eigenvalue weighted by atomic mass is 32.2. The van der Waals surface area contributed by atoms with Crippen LogP contribution in [0.5, 0.6) is 28.7 Å². The molecule has 0 atom stereocenters. The number of hydrogen-bond donors (Lipinski definition) is 1. The molecule has 154 valence electrons. The fourth-order valence-corrected chi connectivity index (χ4v) is 3.46. The van der Waals surface area contributed by atoms with Crippen molar-refractivity contribution in [1.29, 1.82) is 0 Å². The van der Waals surface area contributed by atoms with E-state index in [1.165, 1.54) is 11.8 Å². The minimum Gasteiger partial charge on any atom is -0.493 e. The molecule has 0 unspecified atom stereocenters. The van der Waals surface area contributed by atoms with Crippen molar-refractivity contribution < 1.29 is 23.7 Å². The molecule has 0 spiro atoms. The molecule has 1 N–H and O–H groups in total. The van der Waals surface area contributed by atoms with Crippen molar-refractivity contribution in [2.45, 2.75) is 5.16 Å². The molecule has 1 aromatic heterocycles. The lowest BCUT2D eigenvalue weighted by molar-refractivity contribution is 0.324. The molecule has 0 bridgehead atoms. The van der Waals surface area contributed by atoms with E-state index in [-0.39, 0.29) is 0 Å². The minimum atomic E-state index is 0.534. The van der Waals surface area contributed by atoms with Crippen LogP contribution in [0.3, 0.4) is 0 Å². The zero-order chi connectivity index (χ0) is 21.0. The first kappa shape index (κ1) is 20.7. The Kier molecular flexibility index (Phi) is 6.43. The van der Waals surface area contributed by atoms with Gasteiger partial charge in [0.1, 0.15) is 0 Å². The number of hydrogen-bond acceptors (Lipinski definition) is 7. The second kappa shape index (κ2) is 9.00. The van der Waals surface area contributed by atoms with Crippen LogP contribution in [0.2, 0.25) is 0 Å². The quantitative estimate of drug-likeness (QED) is 0.542. The molecule has 0 fully saturated rings. The summed E-state index contributed by atoms with van der Waals surface area (Å²) in [7, 11) is 7.99. The molecule has 3 aromatic rings. The minimum absolute atomic E-state index is 0.534. The number of aromatic amines is 1. The van der Waals surface area contributed by atoms with Gasteiger partial charge in [-0.3, -0.25) is 0 Å². The molecule has 29 heavy (non-hydrogen) atoms. The number of imidazole rings is 1. The van der Waals surface area contributed by atoms with E-state index in [1.807, 2.05) is 36.6 Å². The third kappa shape index (κ3) is 3.93. The Bertz CT molecular complexity index is 978. The summed E-state index contributed by atoms with van der Waals surface area (Å²) in [5.74, 6) is 2.96. The Hall–Kier alpha value is -3.00. The van der Waals surface area contributed by atoms with Gasteiger partial charge in [-0.1, -0.05) is 11.8 Å². The number of aromatic nitrogens is 2. The standard InChI is InChI=1S/C21H24N2O5S/c1-24-14-8-7-12(9-15(14)25-2)18-19(23-21(22-18)29-6)13-10-16(26-3)20(28-5)17(11-13)27-4/h7-11H,1-6H3,(H,22,23). The zero-order valence-corrected chi connectivity index (χ0v) is 18.1. The van der Waals surface area contributed by atoms with Gasteiger partial charge in [-0.15, -0.1) is 0 Å². The molecule has 8 heteroatoms. The number of rotatable bonds is 8. The molecule has 2 aromatic carbocycles. The van der Waals surface area contributed by atoms with Crippen molar-refractivity contribution >= 4 is 11.8 Å². The van der Waals surface area contributed by atoms with Gasteiger partial charge in [0.15, 0.2) is 28.2 Å². The van der Waals surface area contributed by atoms with Gasteiger partial charge in [0.05, 0.1) is 46.9 Å². The molecule has 0 saturated carbocycles. The van der Waals surface area contributed by atoms with Crippen LogP contribution >= 0.6 is 11.8 Å². The van der Waals surface area contributed by atoms with E-state index in [2.05, 4.69) is 4.98 Å². The monoisotopic (exact) mass is 416 g/mol. The van der Waals surface area contributed by atoms with Gasteiger partial charge >= 0.3 is 0 Å². The van der Waals surface area contributed by atoms with Crippen LogP contribution in [-0.2, 0) is 0 Å². The first-order valence-corrected chi connectivity index (χ1v) is 9.99. The molecule has 3 rings (SSSR count). The van der Waals surface area contributed by atoms with Crippen LogP contribution in [-0.4, -0.2) is 51.8 Å². The van der Waals surface area contributed by atoms with Crippen molar-refractivity contribution in [3.8, 4) is 51.3 Å². The van der Waals surface area contributed by atoms with E-state index in [1.54, 1.807) is 35.5 Å². The highest BCUT2D eigenvalue weighted by Crippen LogP contribution is 2.43. The van der Waals surface area contributed by atoms with Crippen LogP contribution < -0.4 is 23.7 Å². The number of methoxy groups -OCH3 is 5. The SMILES string of the molecule is COc1ccc(-c2[nH]c(SC)nc2-c2cc(OC)c(OC)c(OC)c2)cc1OC. The maximum absolute atomic E-state index is 5.50. The maximum Gasteiger partial charge on any atom is 0.203 e. The first-order chi connectivity index (χ1) is 14.1. The van der Waals surface area contributed by atoms with Gasteiger partial charge in [0, 0.05) is 11.1 Å². The normalized spacial score (nSPS) is 10.6. The second-order valence-electron chi connectivity index (χ2n) is 5.95. The Morgan fingerprint density at radius 2 is 1.31 bits per heavy atom. The number of H-pyrrole nitrogens is 1. The summed E-state index contributed by atoms with van der Waals surface area (Å²) in [5.41, 5.74) is 3.37. The van der Waals surface area contributed by atoms with Gasteiger partial charge in [-0.05, 0) is 36.6 Å². The average Bonchev–Trinajstić information content (AvgIpc) is 3.22. The highest BCUT2D eigenvalue weighted by molar-refractivity contribution is 7.98. The number of benzene rings is 2. The molecule has 0 aliphatic heterocycles. The van der Waals surface area contributed by atoms with Crippen molar-refractivity contribution in [1.82, 2.24) is 9.97 Å². The summed E-state index contributed by atoms with van der Waals surface area (Å²) in [6, 6.07) is 9.50. The van der Waals surface area contributed by atoms with E-state index in [0.29, 0.717) is 28.7 Å². The summed E-state index contributed by atoms with van der Waals surface area (Å²) in [4.78, 5) is 8.14. The summed E-state index contributed by atoms with van der Waals surface area (Å²) < 4.78 is 27.2. The first-order valence-electron chi connectivity index (χ1n) is 8.76. The van der Waals surface area contributed by atoms with Crippen molar-refractivity contribution in [3.05, 3.63) is 30.3 Å². The van der Waals surface area contributed by atoms with Gasteiger partial charge in [0.25, 0.3) is 0 Å². The Labute approximate surface area is 174 Å². The topological polar surface area (TPSA) is 74.8 Å². The average molecular weight is 416 g/mol. The lowest BCUT2D eigenvalue weighted by Crippen LogP contribution is -1.96. The highest BCUT2D eigenvalue weighted by Gasteiger charge is 2.20. The summed E-state index contributed by atoms with van der Waals surface area (Å²) in [6.45, 7) is 0. The third-order valence-electron chi connectivity index (χ3n) is 4.49. The summed E-state index contributed by atoms with van der Waals surface area (Å²) in [5, 5.41) is 0.790. The number of nitrogens with one attached hydrogen (secondary N) is 1. The molecule has 0 saturated heterocycles. The third-order valence-corrected chi connectivity index (χ3v) is 5.07. The van der Waals surface area contributed by atoms with E-state index >= 15 is 0 Å². The van der Waals surface area contributed by atoms with Gasteiger partial charge in [0.2, 0.25) is 5.75 Å². The van der Waals surface area contributed by atoms with E-state index in [9.17, 15) is 0 Å². The van der Waals surface area contributed by atoms with Crippen molar-refractivity contribution in [2.24, 2.45) is 0 Å². The predicted molar refractivity (Wildman–Crippen MR) is 114 cm³/mol. The fourth-order valence-electron chi connectivity index (χ4n) is 3.08. The molecule has 7 nitrogen and oxygen atoms in total. The van der Waals surface area contributed by atoms with E-state index in [0.717, 1.165) is 27.7 Å². The number of thioether (sulfide) groups is 1. The van der Waals surface area contributed by atoms with E-state index < -0.39 is 0 Å². The van der Waals surface area contributed by atoms with E-state index in [4.69, 9.17) is 28.7 Å². The smallest absolute Gasteiger partial charge is 0.203 e. The number of nitrogens with zero attached hydrogens (tertiary/aromatic N) is 1. The van der Waals surface area contributed by atoms with Gasteiger partial charge in [-0.2, -0.15) is 0 Å². The lowest BCUT2D eigenvalue weighted by Gasteiger charge is -2.14. The van der Waals surface area contributed by atoms with Crippen LogP contribution in [0.1, 0.15) is 0 Å². The van der Waals surface area contributed by atoms with Crippen LogP contribution in [0.4, 0.5) is 0 Å². The van der Waals surface area contributed by atoms with Gasteiger partial charge < -0.3 is 28.7 Å². The molecule has 1 heterocycles. The van der Waals surface area contributed by atoms with Crippen molar-refractivity contribution in [3.63, 3.8) is 0 Å². The van der Waals surface area contributed by atoms with Crippen LogP contribution in [0, 0.1) is 0 Å². The van der Waals surface area contributed by atoms with Crippen LogP contribution in [0.25, 0.3) is 22.5 Å². The Morgan fingerprint density at radius 3 is 1.83 bits per heavy atom. The molecule has 0 aliphatic rings. The zero-order valence-electron chi connectivity index (χ0n) is 17.3. The van der Waals surface area contributed by atoms with Crippen molar-refractivity contribution in [2.75, 3.05) is 41.8 Å². The molecular formula is C21H24N2O5S. The molecular weight excluding hydrogens is 392 g/mol. The Balaban J connectivity index is 2.21. The molecule has 0 radical (unpaired) electrons. The number of ether oxygens (including phenoxy) is 5. The lowest BCUT2D eigenvalue weighted by atomic mass is 10.0. The maximum atomic E-state index is 5.50. The molecule has 0 amide bonds. The fraction of sp³-hybridized carbons (Fsp3) is 0.286. The summed E-state index contributed by atoms with van der Waals surface area (Å²) >= 11 is 1.53. The largest absolute Gasteiger partial charge is 0.493 e. The van der Waals surface area contributed by atoms with Gasteiger partial charge in [-0.25, -0.2) is 4.98 Å². The van der Waals surface area contributed by atoms with Crippen LogP contribution in [0.15, 0.2) is 35.5 Å². The summed E-state index contributed by atoms with van der Waals surface area (Å²) in [6.07, 6.45) is 1.97.